The van der Waals surface area contributed by atoms with Gasteiger partial charge in [-0.05, 0) is 43.9 Å². The third-order valence-corrected chi connectivity index (χ3v) is 7.83. The molecule has 0 unspecified atom stereocenters. The number of rotatable bonds is 4. The molecule has 31 heavy (non-hydrogen) atoms. The van der Waals surface area contributed by atoms with Gasteiger partial charge in [0.1, 0.15) is 15.8 Å². The van der Waals surface area contributed by atoms with Gasteiger partial charge in [0.15, 0.2) is 0 Å². The molecule has 1 saturated heterocycles. The highest BCUT2D eigenvalue weighted by atomic mass is 32.2. The Morgan fingerprint density at radius 3 is 2.58 bits per heavy atom. The van der Waals surface area contributed by atoms with Crippen molar-refractivity contribution in [2.75, 3.05) is 5.32 Å². The highest BCUT2D eigenvalue weighted by Gasteiger charge is 2.38. The van der Waals surface area contributed by atoms with Crippen LogP contribution < -0.4 is 10.9 Å². The third-order valence-electron chi connectivity index (χ3n) is 6.50. The quantitative estimate of drug-likeness (QED) is 0.539. The summed E-state index contributed by atoms with van der Waals surface area (Å²) in [4.78, 5) is 33.6. The van der Waals surface area contributed by atoms with Gasteiger partial charge in [-0.1, -0.05) is 62.2 Å². The number of anilines is 1. The smallest absolute Gasteiger partial charge is 0.267 e. The molecule has 5 rings (SSSR count). The molecule has 3 heterocycles. The van der Waals surface area contributed by atoms with Gasteiger partial charge in [0.05, 0.1) is 10.5 Å². The van der Waals surface area contributed by atoms with Gasteiger partial charge in [0.25, 0.3) is 11.5 Å². The van der Waals surface area contributed by atoms with Crippen LogP contribution in [0.1, 0.15) is 63.4 Å². The molecule has 2 aromatic rings. The van der Waals surface area contributed by atoms with Crippen LogP contribution in [0.25, 0.3) is 11.7 Å². The summed E-state index contributed by atoms with van der Waals surface area (Å²) in [6.45, 7) is 0. The molecule has 0 radical (unpaired) electrons. The molecule has 0 atom stereocenters. The van der Waals surface area contributed by atoms with Crippen LogP contribution in [0.2, 0.25) is 0 Å². The Morgan fingerprint density at radius 1 is 1.06 bits per heavy atom. The van der Waals surface area contributed by atoms with E-state index in [0.29, 0.717) is 32.3 Å². The molecule has 0 bridgehead atoms. The fraction of sp³-hybridized carbons (Fsp3) is 0.478. The zero-order chi connectivity index (χ0) is 21.4. The van der Waals surface area contributed by atoms with E-state index in [1.54, 1.807) is 17.2 Å². The zero-order valence-electron chi connectivity index (χ0n) is 17.4. The van der Waals surface area contributed by atoms with Crippen LogP contribution in [-0.2, 0) is 4.79 Å². The number of carbonyl (C=O) groups is 1. The number of carbonyl (C=O) groups excluding carboxylic acids is 1. The Labute approximate surface area is 191 Å². The number of nitrogens with one attached hydrogen (secondary N) is 1. The lowest BCUT2D eigenvalue weighted by molar-refractivity contribution is -0.123. The Hall–Kier alpha value is -2.19. The summed E-state index contributed by atoms with van der Waals surface area (Å²) < 4.78 is 2.13. The van der Waals surface area contributed by atoms with Gasteiger partial charge in [0.2, 0.25) is 0 Å². The largest absolute Gasteiger partial charge is 0.367 e. The van der Waals surface area contributed by atoms with Crippen LogP contribution in [0, 0.1) is 0 Å². The second kappa shape index (κ2) is 8.74. The molecule has 162 valence electrons. The molecule has 2 aliphatic carbocycles. The van der Waals surface area contributed by atoms with Crippen molar-refractivity contribution in [2.45, 2.75) is 69.9 Å². The first kappa shape index (κ1) is 20.7. The van der Waals surface area contributed by atoms with E-state index in [0.717, 1.165) is 38.5 Å². The maximum absolute atomic E-state index is 13.4. The van der Waals surface area contributed by atoms with Crippen molar-refractivity contribution in [3.05, 3.63) is 45.2 Å². The molecule has 0 spiro atoms. The first-order valence-electron chi connectivity index (χ1n) is 11.2. The van der Waals surface area contributed by atoms with Gasteiger partial charge in [-0.2, -0.15) is 0 Å². The van der Waals surface area contributed by atoms with Crippen molar-refractivity contribution in [3.63, 3.8) is 0 Å². The van der Waals surface area contributed by atoms with Crippen LogP contribution >= 0.6 is 24.0 Å². The monoisotopic (exact) mass is 454 g/mol. The van der Waals surface area contributed by atoms with Crippen molar-refractivity contribution in [1.82, 2.24) is 14.3 Å². The van der Waals surface area contributed by atoms with E-state index in [9.17, 15) is 9.59 Å². The molecule has 1 N–H and O–H groups in total. The Kier molecular flexibility index (Phi) is 5.84. The summed E-state index contributed by atoms with van der Waals surface area (Å²) in [5.74, 6) is 0.484. The van der Waals surface area contributed by atoms with Gasteiger partial charge in [-0.25, -0.2) is 4.98 Å². The molecule has 3 fully saturated rings. The number of nitrogens with zero attached hydrogens (tertiary/aromatic N) is 3. The fourth-order valence-electron chi connectivity index (χ4n) is 4.87. The predicted octanol–water partition coefficient (Wildman–Crippen LogP) is 4.58. The van der Waals surface area contributed by atoms with Crippen LogP contribution in [0.15, 0.2) is 34.1 Å². The number of hydrogen-bond donors (Lipinski definition) is 1. The summed E-state index contributed by atoms with van der Waals surface area (Å²) >= 11 is 6.83. The van der Waals surface area contributed by atoms with Crippen LogP contribution in [0.5, 0.6) is 0 Å². The Balaban J connectivity index is 1.55. The first-order valence-corrected chi connectivity index (χ1v) is 12.4. The van der Waals surface area contributed by atoms with E-state index >= 15 is 0 Å². The average molecular weight is 455 g/mol. The lowest BCUT2D eigenvalue weighted by Crippen LogP contribution is -2.36. The fourth-order valence-corrected chi connectivity index (χ4v) is 6.25. The maximum Gasteiger partial charge on any atom is 0.267 e. The molecular weight excluding hydrogens is 428 g/mol. The summed E-state index contributed by atoms with van der Waals surface area (Å²) in [7, 11) is 0. The molecule has 1 aliphatic heterocycles. The van der Waals surface area contributed by atoms with Gasteiger partial charge in [0, 0.05) is 18.3 Å². The van der Waals surface area contributed by atoms with Gasteiger partial charge < -0.3 is 5.32 Å². The van der Waals surface area contributed by atoms with Crippen molar-refractivity contribution < 1.29 is 4.79 Å². The summed E-state index contributed by atoms with van der Waals surface area (Å²) in [6, 6.07) is 6.00. The van der Waals surface area contributed by atoms with E-state index in [1.807, 2.05) is 18.2 Å². The lowest BCUT2D eigenvalue weighted by Gasteiger charge is -2.24. The minimum Gasteiger partial charge on any atom is -0.367 e. The summed E-state index contributed by atoms with van der Waals surface area (Å²) in [5, 5.41) is 3.51. The Morgan fingerprint density at radius 2 is 1.81 bits per heavy atom. The molecular formula is C23H26N4O2S2. The van der Waals surface area contributed by atoms with E-state index < -0.39 is 0 Å². The highest BCUT2D eigenvalue weighted by molar-refractivity contribution is 8.26. The maximum atomic E-state index is 13.4. The standard InChI is InChI=1S/C23H26N4O2S2/c28-21-17(14-18-22(29)27(23(30)31-18)16-10-4-5-11-16)20(24-15-8-2-1-3-9-15)25-19-12-6-7-13-26(19)21/h6-7,12-16,24H,1-5,8-11H2/b18-14+. The molecule has 6 nitrogen and oxygen atoms in total. The number of amides is 1. The number of hydrogen-bond acceptors (Lipinski definition) is 6. The van der Waals surface area contributed by atoms with E-state index in [1.165, 1.54) is 35.4 Å². The van der Waals surface area contributed by atoms with E-state index in [2.05, 4.69) is 5.32 Å². The van der Waals surface area contributed by atoms with Crippen molar-refractivity contribution in [3.8, 4) is 0 Å². The van der Waals surface area contributed by atoms with Crippen molar-refractivity contribution in [1.29, 1.82) is 0 Å². The molecule has 8 heteroatoms. The minimum absolute atomic E-state index is 0.0805. The number of thioether (sulfide) groups is 1. The van der Waals surface area contributed by atoms with Crippen LogP contribution in [0.4, 0.5) is 5.82 Å². The van der Waals surface area contributed by atoms with E-state index in [-0.39, 0.29) is 17.5 Å². The topological polar surface area (TPSA) is 66.7 Å². The second-order valence-electron chi connectivity index (χ2n) is 8.58. The number of pyridine rings is 1. The van der Waals surface area contributed by atoms with Gasteiger partial charge in [-0.15, -0.1) is 0 Å². The third kappa shape index (κ3) is 4.03. The first-order chi connectivity index (χ1) is 15.1. The molecule has 2 aromatic heterocycles. The van der Waals surface area contributed by atoms with E-state index in [4.69, 9.17) is 17.2 Å². The number of thiocarbonyl (C=S) groups is 1. The summed E-state index contributed by atoms with van der Waals surface area (Å²) in [6.07, 6.45) is 13.4. The molecule has 0 aromatic carbocycles. The van der Waals surface area contributed by atoms with Crippen LogP contribution in [-0.4, -0.2) is 36.6 Å². The van der Waals surface area contributed by atoms with Gasteiger partial charge >= 0.3 is 0 Å². The SMILES string of the molecule is O=C1/C(=C\c2c(NC3CCCCC3)nc3ccccn3c2=O)SC(=S)N1C1CCCC1. The zero-order valence-corrected chi connectivity index (χ0v) is 19.0. The summed E-state index contributed by atoms with van der Waals surface area (Å²) in [5.41, 5.74) is 0.859. The normalized spacial score (nSPS) is 22.2. The molecule has 2 saturated carbocycles. The average Bonchev–Trinajstić information content (AvgIpc) is 3.39. The van der Waals surface area contributed by atoms with Crippen molar-refractivity contribution in [2.24, 2.45) is 0 Å². The highest BCUT2D eigenvalue weighted by Crippen LogP contribution is 2.38. The lowest BCUT2D eigenvalue weighted by atomic mass is 9.95. The number of aromatic nitrogens is 2. The van der Waals surface area contributed by atoms with Crippen LogP contribution in [0.3, 0.4) is 0 Å². The van der Waals surface area contributed by atoms with Crippen molar-refractivity contribution >= 4 is 51.7 Å². The van der Waals surface area contributed by atoms with Gasteiger partial charge in [-0.3, -0.25) is 18.9 Å². The minimum atomic E-state index is -0.171. The Bertz CT molecular complexity index is 1110. The molecule has 3 aliphatic rings. The molecule has 1 amide bonds. The predicted molar refractivity (Wildman–Crippen MR) is 129 cm³/mol. The number of fused-ring (bicyclic) bond motifs is 1. The second-order valence-corrected chi connectivity index (χ2v) is 10.3.